The summed E-state index contributed by atoms with van der Waals surface area (Å²) in [4.78, 5) is 2.76. The van der Waals surface area contributed by atoms with Gasteiger partial charge in [-0.05, 0) is 58.2 Å². The summed E-state index contributed by atoms with van der Waals surface area (Å²) >= 11 is 3.66. The van der Waals surface area contributed by atoms with Crippen LogP contribution in [0.15, 0.2) is 22.9 Å². The van der Waals surface area contributed by atoms with E-state index < -0.39 is 8.32 Å². The fraction of sp³-hybridized carbons (Fsp3) is 0.444. The summed E-state index contributed by atoms with van der Waals surface area (Å²) in [5.41, 5.74) is 2.75. The van der Waals surface area contributed by atoms with Crippen molar-refractivity contribution in [2.45, 2.75) is 51.4 Å². The Morgan fingerprint density at radius 1 is 1.09 bits per heavy atom. The molecule has 2 aromatic heterocycles. The average molecular weight is 349 g/mol. The predicted octanol–water partition coefficient (Wildman–Crippen LogP) is 6.60. The molecule has 1 aliphatic rings. The van der Waals surface area contributed by atoms with E-state index in [4.69, 9.17) is 4.43 Å². The maximum Gasteiger partial charge on any atom is 0.192 e. The summed E-state index contributed by atoms with van der Waals surface area (Å²) in [6.07, 6.45) is 5.69. The molecule has 0 radical (unpaired) electrons. The molecule has 1 nitrogen and oxygen atoms in total. The minimum atomic E-state index is -1.79. The highest BCUT2D eigenvalue weighted by Gasteiger charge is 2.40. The van der Waals surface area contributed by atoms with Crippen molar-refractivity contribution in [3.05, 3.63) is 43.8 Å². The third-order valence-corrected chi connectivity index (χ3v) is 11.3. The Labute approximate surface area is 142 Å². The first kappa shape index (κ1) is 16.2. The van der Waals surface area contributed by atoms with Crippen LogP contribution in [0.5, 0.6) is 0 Å². The highest BCUT2D eigenvalue weighted by atomic mass is 32.1. The van der Waals surface area contributed by atoms with Crippen LogP contribution in [-0.4, -0.2) is 8.32 Å². The van der Waals surface area contributed by atoms with Crippen LogP contribution in [-0.2, 0) is 10.8 Å². The van der Waals surface area contributed by atoms with Crippen molar-refractivity contribution in [3.8, 4) is 0 Å². The lowest BCUT2D eigenvalue weighted by Crippen LogP contribution is -2.42. The van der Waals surface area contributed by atoms with E-state index in [1.807, 2.05) is 22.7 Å². The topological polar surface area (TPSA) is 9.23 Å². The molecule has 2 aromatic rings. The monoisotopic (exact) mass is 348 g/mol. The van der Waals surface area contributed by atoms with E-state index in [0.717, 1.165) is 6.42 Å². The fourth-order valence-electron chi connectivity index (χ4n) is 2.48. The molecule has 118 valence electrons. The van der Waals surface area contributed by atoms with Gasteiger partial charge in [0.1, 0.15) is 0 Å². The molecule has 0 aromatic carbocycles. The van der Waals surface area contributed by atoms with Gasteiger partial charge in [0.25, 0.3) is 0 Å². The van der Waals surface area contributed by atoms with Gasteiger partial charge < -0.3 is 4.43 Å². The quantitative estimate of drug-likeness (QED) is 0.556. The summed E-state index contributed by atoms with van der Waals surface area (Å²) in [5, 5.41) is 4.62. The highest BCUT2D eigenvalue weighted by molar-refractivity contribution is 7.11. The van der Waals surface area contributed by atoms with Gasteiger partial charge in [-0.15, -0.1) is 22.7 Å². The van der Waals surface area contributed by atoms with Crippen molar-refractivity contribution in [1.82, 2.24) is 0 Å². The number of fused-ring (bicyclic) bond motifs is 2. The lowest BCUT2D eigenvalue weighted by Gasteiger charge is -2.39. The molecule has 0 fully saturated rings. The van der Waals surface area contributed by atoms with Crippen molar-refractivity contribution in [2.24, 2.45) is 0 Å². The van der Waals surface area contributed by atoms with E-state index in [2.05, 4.69) is 68.9 Å². The van der Waals surface area contributed by atoms with Crippen LogP contribution in [0.3, 0.4) is 0 Å². The van der Waals surface area contributed by atoms with Gasteiger partial charge in [-0.3, -0.25) is 0 Å². The zero-order valence-corrected chi connectivity index (χ0v) is 16.6. The SMILES string of the molecule is CC(C)(C)[Si](C)(C)OC1Cc2ccsc2/C=C\c2ccsc21. The smallest absolute Gasteiger partial charge is 0.192 e. The largest absolute Gasteiger partial charge is 0.409 e. The van der Waals surface area contributed by atoms with Crippen LogP contribution in [0.25, 0.3) is 12.2 Å². The van der Waals surface area contributed by atoms with Gasteiger partial charge in [0.15, 0.2) is 8.32 Å². The molecule has 2 heterocycles. The van der Waals surface area contributed by atoms with Crippen molar-refractivity contribution in [1.29, 1.82) is 0 Å². The zero-order valence-electron chi connectivity index (χ0n) is 14.0. The van der Waals surface area contributed by atoms with Gasteiger partial charge >= 0.3 is 0 Å². The third-order valence-electron chi connectivity index (χ3n) is 4.86. The van der Waals surface area contributed by atoms with E-state index in [-0.39, 0.29) is 11.1 Å². The van der Waals surface area contributed by atoms with Crippen LogP contribution in [0.4, 0.5) is 0 Å². The summed E-state index contributed by atoms with van der Waals surface area (Å²) in [7, 11) is -1.79. The Hall–Kier alpha value is -0.683. The van der Waals surface area contributed by atoms with Crippen LogP contribution < -0.4 is 0 Å². The maximum atomic E-state index is 6.81. The lowest BCUT2D eigenvalue weighted by atomic mass is 10.0. The molecule has 0 saturated carbocycles. The normalized spacial score (nSPS) is 20.0. The number of rotatable bonds is 2. The lowest BCUT2D eigenvalue weighted by molar-refractivity contribution is 0.187. The second-order valence-corrected chi connectivity index (χ2v) is 14.1. The van der Waals surface area contributed by atoms with Crippen LogP contribution >= 0.6 is 22.7 Å². The van der Waals surface area contributed by atoms with Gasteiger partial charge in [-0.1, -0.05) is 26.8 Å². The molecule has 0 bridgehead atoms. The van der Waals surface area contributed by atoms with E-state index in [1.165, 1.54) is 20.9 Å². The second kappa shape index (κ2) is 5.75. The average Bonchev–Trinajstić information content (AvgIpc) is 3.00. The first-order valence-electron chi connectivity index (χ1n) is 7.77. The Morgan fingerprint density at radius 3 is 2.55 bits per heavy atom. The Kier molecular flexibility index (Phi) is 4.23. The molecular formula is C18H24OS2Si. The van der Waals surface area contributed by atoms with Crippen molar-refractivity contribution in [2.75, 3.05) is 0 Å². The van der Waals surface area contributed by atoms with Gasteiger partial charge in [-0.2, -0.15) is 0 Å². The molecule has 1 unspecified atom stereocenters. The fourth-order valence-corrected chi connectivity index (χ4v) is 5.57. The Bertz CT molecular complexity index is 688. The van der Waals surface area contributed by atoms with Crippen molar-refractivity contribution in [3.63, 3.8) is 0 Å². The predicted molar refractivity (Wildman–Crippen MR) is 102 cm³/mol. The van der Waals surface area contributed by atoms with Crippen LogP contribution in [0, 0.1) is 0 Å². The molecule has 3 rings (SSSR count). The maximum absolute atomic E-state index is 6.81. The Morgan fingerprint density at radius 2 is 1.82 bits per heavy atom. The van der Waals surface area contributed by atoms with E-state index in [0.29, 0.717) is 0 Å². The number of thiophene rings is 2. The molecular weight excluding hydrogens is 324 g/mol. The first-order chi connectivity index (χ1) is 10.3. The molecule has 1 atom stereocenters. The molecule has 0 aliphatic heterocycles. The van der Waals surface area contributed by atoms with E-state index >= 15 is 0 Å². The summed E-state index contributed by atoms with van der Waals surface area (Å²) in [6.45, 7) is 11.6. The number of hydrogen-bond acceptors (Lipinski definition) is 3. The minimum Gasteiger partial charge on any atom is -0.409 e. The van der Waals surface area contributed by atoms with Crippen molar-refractivity contribution >= 4 is 43.1 Å². The molecule has 4 heteroatoms. The summed E-state index contributed by atoms with van der Waals surface area (Å²) in [6, 6.07) is 4.47. The van der Waals surface area contributed by atoms with Crippen LogP contribution in [0.2, 0.25) is 18.1 Å². The number of hydrogen-bond donors (Lipinski definition) is 0. The second-order valence-electron chi connectivity index (χ2n) is 7.45. The van der Waals surface area contributed by atoms with E-state index in [1.54, 1.807) is 0 Å². The third kappa shape index (κ3) is 3.02. The molecule has 0 N–H and O–H groups in total. The molecule has 1 aliphatic carbocycles. The molecule has 22 heavy (non-hydrogen) atoms. The standard InChI is InChI=1S/C18H24OS2Si/c1-18(2,3)22(4,5)19-15-12-14-9-10-20-16(14)7-6-13-8-11-21-17(13)15/h6-11,15H,12H2,1-5H3/b7-6-. The zero-order chi connectivity index (χ0) is 16.0. The van der Waals surface area contributed by atoms with Crippen molar-refractivity contribution < 1.29 is 4.43 Å². The Balaban J connectivity index is 1.99. The van der Waals surface area contributed by atoms with Gasteiger partial charge in [0.2, 0.25) is 0 Å². The minimum absolute atomic E-state index is 0.189. The van der Waals surface area contributed by atoms with Gasteiger partial charge in [-0.25, -0.2) is 0 Å². The van der Waals surface area contributed by atoms with Gasteiger partial charge in [0.05, 0.1) is 6.10 Å². The van der Waals surface area contributed by atoms with Gasteiger partial charge in [0, 0.05) is 16.2 Å². The summed E-state index contributed by atoms with van der Waals surface area (Å²) < 4.78 is 6.81. The van der Waals surface area contributed by atoms with E-state index in [9.17, 15) is 0 Å². The highest BCUT2D eigenvalue weighted by Crippen LogP contribution is 2.43. The first-order valence-corrected chi connectivity index (χ1v) is 12.4. The molecule has 0 spiro atoms. The summed E-state index contributed by atoms with van der Waals surface area (Å²) in [5.74, 6) is 0. The van der Waals surface area contributed by atoms with Crippen LogP contribution in [0.1, 0.15) is 47.8 Å². The molecule has 0 amide bonds. The molecule has 0 saturated heterocycles.